The zero-order valence-corrected chi connectivity index (χ0v) is 22.6. The van der Waals surface area contributed by atoms with E-state index < -0.39 is 35.6 Å². The molecule has 2 aromatic carbocycles. The molecule has 1 saturated carbocycles. The molecule has 0 spiro atoms. The van der Waals surface area contributed by atoms with E-state index in [2.05, 4.69) is 10.6 Å². The van der Waals surface area contributed by atoms with Gasteiger partial charge in [0.25, 0.3) is 0 Å². The molecular formula is C29H39N3O6. The maximum absolute atomic E-state index is 13.9. The number of aromatic hydroxyl groups is 2. The van der Waals surface area contributed by atoms with Crippen molar-refractivity contribution in [2.75, 3.05) is 7.05 Å². The smallest absolute Gasteiger partial charge is 0.408 e. The molecule has 2 aromatic rings. The number of carbonyl (C=O) groups excluding carboxylic acids is 3. The molecule has 0 saturated heterocycles. The van der Waals surface area contributed by atoms with Crippen LogP contribution in [0.25, 0.3) is 0 Å². The van der Waals surface area contributed by atoms with Crippen molar-refractivity contribution in [1.82, 2.24) is 15.5 Å². The number of nitrogens with zero attached hydrogens (tertiary/aromatic N) is 1. The standard InChI is InChI=1S/C29H39N3O6/c1-29(2,3)38-28(37)31-23(18-19-14-16-21(33)17-15-19)27(36)32(4)25(22-12-8-9-13-24(22)34)26(35)30-20-10-6-5-7-11-20/h8-9,12-17,20,23,25,33-34H,5-7,10-11,18H2,1-4H3,(H,30,35)(H,31,37). The highest BCUT2D eigenvalue weighted by Gasteiger charge is 2.36. The van der Waals surface area contributed by atoms with Gasteiger partial charge in [-0.1, -0.05) is 49.6 Å². The van der Waals surface area contributed by atoms with Crippen molar-refractivity contribution >= 4 is 17.9 Å². The van der Waals surface area contributed by atoms with Crippen molar-refractivity contribution in [1.29, 1.82) is 0 Å². The lowest BCUT2D eigenvalue weighted by atomic mass is 9.94. The number of rotatable bonds is 8. The highest BCUT2D eigenvalue weighted by Crippen LogP contribution is 2.30. The molecule has 206 valence electrons. The van der Waals surface area contributed by atoms with Gasteiger partial charge >= 0.3 is 6.09 Å². The van der Waals surface area contributed by atoms with Crippen molar-refractivity contribution in [3.63, 3.8) is 0 Å². The summed E-state index contributed by atoms with van der Waals surface area (Å²) in [5, 5.41) is 26.0. The molecule has 1 aliphatic rings. The Morgan fingerprint density at radius 1 is 1.00 bits per heavy atom. The van der Waals surface area contributed by atoms with Gasteiger partial charge in [-0.15, -0.1) is 0 Å². The van der Waals surface area contributed by atoms with Crippen LogP contribution in [0.5, 0.6) is 11.5 Å². The fourth-order valence-electron chi connectivity index (χ4n) is 4.66. The first-order valence-corrected chi connectivity index (χ1v) is 13.1. The van der Waals surface area contributed by atoms with Gasteiger partial charge in [0.15, 0.2) is 0 Å². The zero-order valence-electron chi connectivity index (χ0n) is 22.6. The lowest BCUT2D eigenvalue weighted by molar-refractivity contribution is -0.141. The SMILES string of the molecule is CN(C(=O)C(Cc1ccc(O)cc1)NC(=O)OC(C)(C)C)C(C(=O)NC1CCCCC1)c1ccccc1O. The number of hydrogen-bond acceptors (Lipinski definition) is 6. The van der Waals surface area contributed by atoms with Crippen LogP contribution in [0.2, 0.25) is 0 Å². The van der Waals surface area contributed by atoms with Crippen LogP contribution in [0.15, 0.2) is 48.5 Å². The number of para-hydroxylation sites is 1. The van der Waals surface area contributed by atoms with Crippen molar-refractivity contribution < 1.29 is 29.3 Å². The van der Waals surface area contributed by atoms with Gasteiger partial charge in [-0.25, -0.2) is 4.79 Å². The van der Waals surface area contributed by atoms with Gasteiger partial charge in [-0.05, 0) is 57.4 Å². The Labute approximate surface area is 224 Å². The Morgan fingerprint density at radius 3 is 2.24 bits per heavy atom. The molecule has 9 heteroatoms. The minimum absolute atomic E-state index is 0.000730. The maximum Gasteiger partial charge on any atom is 0.408 e. The third-order valence-electron chi connectivity index (χ3n) is 6.53. The van der Waals surface area contributed by atoms with Gasteiger partial charge in [-0.2, -0.15) is 0 Å². The van der Waals surface area contributed by atoms with Crippen LogP contribution in [-0.2, 0) is 20.7 Å². The Hall–Kier alpha value is -3.75. The van der Waals surface area contributed by atoms with E-state index in [-0.39, 0.29) is 29.5 Å². The first kappa shape index (κ1) is 28.8. The number of phenolic OH excluding ortho intramolecular Hbond substituents is 2. The molecule has 38 heavy (non-hydrogen) atoms. The summed E-state index contributed by atoms with van der Waals surface area (Å²) in [6, 6.07) is 10.5. The van der Waals surface area contributed by atoms with Crippen LogP contribution < -0.4 is 10.6 Å². The summed E-state index contributed by atoms with van der Waals surface area (Å²) < 4.78 is 5.39. The molecule has 3 amide bonds. The molecule has 2 atom stereocenters. The van der Waals surface area contributed by atoms with Gasteiger partial charge in [0.2, 0.25) is 11.8 Å². The lowest BCUT2D eigenvalue weighted by Gasteiger charge is -2.33. The molecule has 1 fully saturated rings. The molecular weight excluding hydrogens is 486 g/mol. The van der Waals surface area contributed by atoms with E-state index in [0.717, 1.165) is 32.1 Å². The van der Waals surface area contributed by atoms with E-state index in [1.54, 1.807) is 51.1 Å². The fourth-order valence-corrected chi connectivity index (χ4v) is 4.66. The number of benzene rings is 2. The number of nitrogens with one attached hydrogen (secondary N) is 2. The Balaban J connectivity index is 1.91. The molecule has 2 unspecified atom stereocenters. The summed E-state index contributed by atoms with van der Waals surface area (Å²) in [7, 11) is 1.49. The van der Waals surface area contributed by atoms with Crippen molar-refractivity contribution in [3.8, 4) is 11.5 Å². The number of phenols is 2. The maximum atomic E-state index is 13.9. The third-order valence-corrected chi connectivity index (χ3v) is 6.53. The average Bonchev–Trinajstić information content (AvgIpc) is 2.85. The Bertz CT molecular complexity index is 1110. The van der Waals surface area contributed by atoms with Gasteiger partial charge in [0.1, 0.15) is 29.2 Å². The van der Waals surface area contributed by atoms with Gasteiger partial charge in [0.05, 0.1) is 0 Å². The second-order valence-corrected chi connectivity index (χ2v) is 10.8. The van der Waals surface area contributed by atoms with Crippen molar-refractivity contribution in [2.24, 2.45) is 0 Å². The summed E-state index contributed by atoms with van der Waals surface area (Å²) in [6.45, 7) is 5.16. The number of ether oxygens (including phenoxy) is 1. The Kier molecular flexibility index (Phi) is 9.61. The van der Waals surface area contributed by atoms with Gasteiger partial charge in [0, 0.05) is 25.1 Å². The largest absolute Gasteiger partial charge is 0.508 e. The van der Waals surface area contributed by atoms with Gasteiger partial charge in [-0.3, -0.25) is 9.59 Å². The quantitative estimate of drug-likeness (QED) is 0.409. The summed E-state index contributed by atoms with van der Waals surface area (Å²) in [4.78, 5) is 41.4. The lowest BCUT2D eigenvalue weighted by Crippen LogP contribution is -2.53. The monoisotopic (exact) mass is 525 g/mol. The zero-order chi connectivity index (χ0) is 27.9. The van der Waals surface area contributed by atoms with Crippen LogP contribution in [0.3, 0.4) is 0 Å². The molecule has 0 aromatic heterocycles. The van der Waals surface area contributed by atoms with Crippen molar-refractivity contribution in [2.45, 2.75) is 83.0 Å². The van der Waals surface area contributed by atoms with Gasteiger partial charge < -0.3 is 30.5 Å². The predicted molar refractivity (Wildman–Crippen MR) is 144 cm³/mol. The molecule has 0 radical (unpaired) electrons. The molecule has 4 N–H and O–H groups in total. The highest BCUT2D eigenvalue weighted by molar-refractivity contribution is 5.92. The fraction of sp³-hybridized carbons (Fsp3) is 0.483. The summed E-state index contributed by atoms with van der Waals surface area (Å²) in [6.07, 6.45) is 4.23. The molecule has 0 heterocycles. The third kappa shape index (κ3) is 8.13. The topological polar surface area (TPSA) is 128 Å². The molecule has 0 bridgehead atoms. The van der Waals surface area contributed by atoms with E-state index in [9.17, 15) is 24.6 Å². The van der Waals surface area contributed by atoms with Crippen molar-refractivity contribution in [3.05, 3.63) is 59.7 Å². The summed E-state index contributed by atoms with van der Waals surface area (Å²) in [5.41, 5.74) is 0.203. The first-order chi connectivity index (χ1) is 17.9. The minimum atomic E-state index is -1.12. The van der Waals surface area contributed by atoms with Crippen LogP contribution in [0, 0.1) is 0 Å². The minimum Gasteiger partial charge on any atom is -0.508 e. The van der Waals surface area contributed by atoms with E-state index in [1.807, 2.05) is 0 Å². The predicted octanol–water partition coefficient (Wildman–Crippen LogP) is 4.18. The molecule has 1 aliphatic carbocycles. The Morgan fingerprint density at radius 2 is 1.63 bits per heavy atom. The van der Waals surface area contributed by atoms with Crippen LogP contribution in [-0.4, -0.2) is 57.8 Å². The summed E-state index contributed by atoms with van der Waals surface area (Å²) in [5.74, 6) is -0.954. The van der Waals surface area contributed by atoms with Crippen LogP contribution in [0.4, 0.5) is 4.79 Å². The van der Waals surface area contributed by atoms with Crippen LogP contribution >= 0.6 is 0 Å². The number of likely N-dealkylation sites (N-methyl/N-ethyl adjacent to an activating group) is 1. The highest BCUT2D eigenvalue weighted by atomic mass is 16.6. The second-order valence-electron chi connectivity index (χ2n) is 10.8. The second kappa shape index (κ2) is 12.7. The summed E-state index contributed by atoms with van der Waals surface area (Å²) >= 11 is 0. The van der Waals surface area contributed by atoms with Crippen LogP contribution in [0.1, 0.15) is 70.0 Å². The van der Waals surface area contributed by atoms with E-state index in [4.69, 9.17) is 4.74 Å². The van der Waals surface area contributed by atoms with E-state index in [1.165, 1.54) is 30.1 Å². The normalized spacial score (nSPS) is 15.7. The number of hydrogen-bond donors (Lipinski definition) is 4. The number of alkyl carbamates (subject to hydrolysis) is 1. The number of amides is 3. The molecule has 0 aliphatic heterocycles. The average molecular weight is 526 g/mol. The van der Waals surface area contributed by atoms with E-state index in [0.29, 0.717) is 5.56 Å². The molecule has 3 rings (SSSR count). The van der Waals surface area contributed by atoms with E-state index >= 15 is 0 Å². The first-order valence-electron chi connectivity index (χ1n) is 13.1. The number of carbonyl (C=O) groups is 3. The molecule has 9 nitrogen and oxygen atoms in total.